The molecule has 1 aromatic heterocycles. The van der Waals surface area contributed by atoms with Crippen molar-refractivity contribution in [2.45, 2.75) is 38.5 Å². The van der Waals surface area contributed by atoms with E-state index in [1.807, 2.05) is 11.0 Å². The van der Waals surface area contributed by atoms with Crippen LogP contribution in [0.5, 0.6) is 0 Å². The minimum absolute atomic E-state index is 0.358. The number of rotatable bonds is 2. The van der Waals surface area contributed by atoms with Gasteiger partial charge in [-0.2, -0.15) is 5.26 Å². The number of fused-ring (bicyclic) bond motifs is 1. The second-order valence-corrected chi connectivity index (χ2v) is 5.91. The first-order chi connectivity index (χ1) is 10.2. The number of carboxylic acids is 1. The maximum absolute atomic E-state index is 11.2. The van der Waals surface area contributed by atoms with Gasteiger partial charge in [0.15, 0.2) is 0 Å². The molecule has 1 N–H and O–H groups in total. The molecule has 1 fully saturated rings. The molecule has 1 aliphatic heterocycles. The van der Waals surface area contributed by atoms with E-state index < -0.39 is 5.97 Å². The van der Waals surface area contributed by atoms with E-state index >= 15 is 0 Å². The second-order valence-electron chi connectivity index (χ2n) is 5.91. The number of aromatic nitrogens is 1. The maximum Gasteiger partial charge on any atom is 0.308 e. The van der Waals surface area contributed by atoms with E-state index in [-0.39, 0.29) is 5.92 Å². The molecule has 5 heteroatoms. The van der Waals surface area contributed by atoms with Crippen molar-refractivity contribution in [3.63, 3.8) is 0 Å². The zero-order valence-corrected chi connectivity index (χ0v) is 12.0. The molecule has 0 amide bonds. The van der Waals surface area contributed by atoms with Crippen LogP contribution in [0.3, 0.4) is 0 Å². The van der Waals surface area contributed by atoms with E-state index in [4.69, 9.17) is 4.98 Å². The van der Waals surface area contributed by atoms with Crippen molar-refractivity contribution < 1.29 is 9.90 Å². The fourth-order valence-corrected chi connectivity index (χ4v) is 3.32. The molecule has 0 aromatic carbocycles. The van der Waals surface area contributed by atoms with E-state index in [9.17, 15) is 15.2 Å². The summed E-state index contributed by atoms with van der Waals surface area (Å²) < 4.78 is 0. The first kappa shape index (κ1) is 13.9. The minimum atomic E-state index is -0.754. The molecule has 1 atom stereocenters. The Kier molecular flexibility index (Phi) is 3.78. The predicted octanol–water partition coefficient (Wildman–Crippen LogP) is 2.13. The summed E-state index contributed by atoms with van der Waals surface area (Å²) in [4.78, 5) is 17.9. The van der Waals surface area contributed by atoms with Crippen molar-refractivity contribution in [1.29, 1.82) is 5.26 Å². The minimum Gasteiger partial charge on any atom is -0.481 e. The van der Waals surface area contributed by atoms with Gasteiger partial charge >= 0.3 is 5.97 Å². The van der Waals surface area contributed by atoms with Crippen LogP contribution < -0.4 is 4.90 Å². The van der Waals surface area contributed by atoms with Gasteiger partial charge in [0.05, 0.1) is 11.5 Å². The van der Waals surface area contributed by atoms with Gasteiger partial charge in [0.25, 0.3) is 0 Å². The zero-order chi connectivity index (χ0) is 14.8. The largest absolute Gasteiger partial charge is 0.481 e. The zero-order valence-electron chi connectivity index (χ0n) is 12.0. The lowest BCUT2D eigenvalue weighted by molar-refractivity contribution is -0.141. The van der Waals surface area contributed by atoms with Gasteiger partial charge in [-0.05, 0) is 50.2 Å². The number of hydrogen-bond acceptors (Lipinski definition) is 4. The number of nitrogens with zero attached hydrogens (tertiary/aromatic N) is 3. The van der Waals surface area contributed by atoms with E-state index in [1.165, 1.54) is 5.56 Å². The molecule has 0 bridgehead atoms. The molecular weight excluding hydrogens is 266 g/mol. The van der Waals surface area contributed by atoms with Gasteiger partial charge < -0.3 is 10.0 Å². The Balaban J connectivity index is 1.93. The third-order valence-electron chi connectivity index (χ3n) is 4.47. The summed E-state index contributed by atoms with van der Waals surface area (Å²) in [7, 11) is 0. The average Bonchev–Trinajstić information content (AvgIpc) is 2.53. The summed E-state index contributed by atoms with van der Waals surface area (Å²) >= 11 is 0. The van der Waals surface area contributed by atoms with Gasteiger partial charge in [0, 0.05) is 18.8 Å². The summed E-state index contributed by atoms with van der Waals surface area (Å²) in [5.74, 6) is -0.427. The topological polar surface area (TPSA) is 77.2 Å². The number of nitriles is 1. The van der Waals surface area contributed by atoms with Crippen LogP contribution >= 0.6 is 0 Å². The lowest BCUT2D eigenvalue weighted by Crippen LogP contribution is -2.39. The van der Waals surface area contributed by atoms with Gasteiger partial charge in [-0.3, -0.25) is 4.79 Å². The third-order valence-corrected chi connectivity index (χ3v) is 4.47. The average molecular weight is 285 g/mol. The normalized spacial score (nSPS) is 21.5. The van der Waals surface area contributed by atoms with Crippen molar-refractivity contribution in [2.75, 3.05) is 18.0 Å². The summed E-state index contributed by atoms with van der Waals surface area (Å²) in [6, 6.07) is 4.19. The molecule has 1 aromatic rings. The highest BCUT2D eigenvalue weighted by Crippen LogP contribution is 2.29. The van der Waals surface area contributed by atoms with Crippen LogP contribution in [0.4, 0.5) is 5.82 Å². The molecule has 110 valence electrons. The molecule has 0 saturated carbocycles. The Hall–Kier alpha value is -2.09. The number of aliphatic carboxylic acids is 1. The highest BCUT2D eigenvalue weighted by molar-refractivity contribution is 5.71. The Morgan fingerprint density at radius 3 is 2.95 bits per heavy atom. The standard InChI is InChI=1S/C16H19N3O2/c17-9-13-8-11-4-1-2-6-14(11)18-15(13)19-7-3-5-12(10-19)16(20)21/h8,12H,1-7,10H2,(H,20,21). The maximum atomic E-state index is 11.2. The number of carboxylic acid groups (broad SMARTS) is 1. The van der Waals surface area contributed by atoms with Crippen molar-refractivity contribution in [3.05, 3.63) is 22.9 Å². The van der Waals surface area contributed by atoms with E-state index in [1.54, 1.807) is 0 Å². The number of aryl methyl sites for hydroxylation is 2. The summed E-state index contributed by atoms with van der Waals surface area (Å²) in [6.45, 7) is 1.24. The molecule has 2 aliphatic rings. The monoisotopic (exact) mass is 285 g/mol. The smallest absolute Gasteiger partial charge is 0.308 e. The van der Waals surface area contributed by atoms with Crippen LogP contribution in [0.2, 0.25) is 0 Å². The Morgan fingerprint density at radius 1 is 1.38 bits per heavy atom. The lowest BCUT2D eigenvalue weighted by atomic mass is 9.94. The number of pyridine rings is 1. The molecule has 1 unspecified atom stereocenters. The molecule has 1 saturated heterocycles. The fraction of sp³-hybridized carbons (Fsp3) is 0.562. The third kappa shape index (κ3) is 2.71. The molecular formula is C16H19N3O2. The summed E-state index contributed by atoms with van der Waals surface area (Å²) in [6.07, 6.45) is 5.80. The SMILES string of the molecule is N#Cc1cc2c(nc1N1CCCC(C(=O)O)C1)CCCC2. The molecule has 3 rings (SSSR count). The highest BCUT2D eigenvalue weighted by atomic mass is 16.4. The number of hydrogen-bond donors (Lipinski definition) is 1. The van der Waals surface area contributed by atoms with Crippen LogP contribution in [-0.4, -0.2) is 29.1 Å². The van der Waals surface area contributed by atoms with E-state index in [0.29, 0.717) is 24.3 Å². The molecule has 0 radical (unpaired) electrons. The van der Waals surface area contributed by atoms with Gasteiger partial charge in [-0.1, -0.05) is 0 Å². The van der Waals surface area contributed by atoms with Gasteiger partial charge in [0.2, 0.25) is 0 Å². The molecule has 1 aliphatic carbocycles. The van der Waals surface area contributed by atoms with Crippen molar-refractivity contribution >= 4 is 11.8 Å². The quantitative estimate of drug-likeness (QED) is 0.900. The summed E-state index contributed by atoms with van der Waals surface area (Å²) in [5.41, 5.74) is 2.86. The van der Waals surface area contributed by atoms with Gasteiger partial charge in [-0.15, -0.1) is 0 Å². The van der Waals surface area contributed by atoms with E-state index in [2.05, 4.69) is 6.07 Å². The van der Waals surface area contributed by atoms with Crippen molar-refractivity contribution in [2.24, 2.45) is 5.92 Å². The molecule has 2 heterocycles. The first-order valence-corrected chi connectivity index (χ1v) is 7.59. The Labute approximate surface area is 124 Å². The number of piperidine rings is 1. The van der Waals surface area contributed by atoms with Gasteiger partial charge in [-0.25, -0.2) is 4.98 Å². The molecule has 5 nitrogen and oxygen atoms in total. The van der Waals surface area contributed by atoms with Crippen LogP contribution in [0, 0.1) is 17.2 Å². The van der Waals surface area contributed by atoms with Crippen molar-refractivity contribution in [1.82, 2.24) is 4.98 Å². The number of anilines is 1. The number of carbonyl (C=O) groups is 1. The van der Waals surface area contributed by atoms with E-state index in [0.717, 1.165) is 44.3 Å². The van der Waals surface area contributed by atoms with Crippen LogP contribution in [0.25, 0.3) is 0 Å². The van der Waals surface area contributed by atoms with Crippen LogP contribution in [0.1, 0.15) is 42.5 Å². The predicted molar refractivity (Wildman–Crippen MR) is 78.2 cm³/mol. The Morgan fingerprint density at radius 2 is 2.19 bits per heavy atom. The van der Waals surface area contributed by atoms with Crippen LogP contribution in [-0.2, 0) is 17.6 Å². The van der Waals surface area contributed by atoms with Crippen molar-refractivity contribution in [3.8, 4) is 6.07 Å². The van der Waals surface area contributed by atoms with Crippen LogP contribution in [0.15, 0.2) is 6.07 Å². The molecule has 21 heavy (non-hydrogen) atoms. The second kappa shape index (κ2) is 5.72. The fourth-order valence-electron chi connectivity index (χ4n) is 3.32. The Bertz CT molecular complexity index is 606. The molecule has 0 spiro atoms. The van der Waals surface area contributed by atoms with Gasteiger partial charge in [0.1, 0.15) is 11.9 Å². The summed E-state index contributed by atoms with van der Waals surface area (Å²) in [5, 5.41) is 18.6. The lowest BCUT2D eigenvalue weighted by Gasteiger charge is -2.33. The first-order valence-electron chi connectivity index (χ1n) is 7.59. The highest BCUT2D eigenvalue weighted by Gasteiger charge is 2.28.